The van der Waals surface area contributed by atoms with E-state index in [1.165, 1.54) is 31.5 Å². The first kappa shape index (κ1) is 14.5. The van der Waals surface area contributed by atoms with Gasteiger partial charge in [0.15, 0.2) is 5.82 Å². The van der Waals surface area contributed by atoms with E-state index >= 15 is 0 Å². The molecule has 2 heterocycles. The Bertz CT molecular complexity index is 416. The lowest BCUT2D eigenvalue weighted by Gasteiger charge is -2.36. The minimum Gasteiger partial charge on any atom is -0.317 e. The van der Waals surface area contributed by atoms with E-state index in [4.69, 9.17) is 4.98 Å². The summed E-state index contributed by atoms with van der Waals surface area (Å²) in [6.07, 6.45) is 4.77. The molecule has 1 aromatic rings. The van der Waals surface area contributed by atoms with E-state index in [-0.39, 0.29) is 10.8 Å². The molecule has 1 aliphatic heterocycles. The topological polar surface area (TPSA) is 42.7 Å². The predicted octanol–water partition coefficient (Wildman–Crippen LogP) is 2.53. The van der Waals surface area contributed by atoms with Crippen LogP contribution in [-0.4, -0.2) is 27.9 Å². The van der Waals surface area contributed by atoms with E-state index in [1.807, 2.05) is 4.68 Å². The summed E-state index contributed by atoms with van der Waals surface area (Å²) in [5.41, 5.74) is 0.252. The molecule has 1 fully saturated rings. The number of rotatable bonds is 3. The van der Waals surface area contributed by atoms with Crippen LogP contribution in [0.3, 0.4) is 0 Å². The van der Waals surface area contributed by atoms with Crippen LogP contribution in [0.2, 0.25) is 0 Å². The molecule has 0 saturated carbocycles. The summed E-state index contributed by atoms with van der Waals surface area (Å²) < 4.78 is 2.03. The zero-order valence-corrected chi connectivity index (χ0v) is 13.1. The lowest BCUT2D eigenvalue weighted by atomic mass is 9.74. The first-order valence-electron chi connectivity index (χ1n) is 7.52. The fraction of sp³-hybridized carbons (Fsp3) is 0.867. The molecule has 2 rings (SSSR count). The molecule has 0 atom stereocenters. The minimum absolute atomic E-state index is 0.0241. The minimum atomic E-state index is 0.0241. The van der Waals surface area contributed by atoms with Gasteiger partial charge in [0.2, 0.25) is 0 Å². The lowest BCUT2D eigenvalue weighted by molar-refractivity contribution is 0.262. The quantitative estimate of drug-likeness (QED) is 0.912. The Morgan fingerprint density at radius 2 is 1.89 bits per heavy atom. The van der Waals surface area contributed by atoms with E-state index in [0.29, 0.717) is 0 Å². The van der Waals surface area contributed by atoms with E-state index in [1.54, 1.807) is 0 Å². The number of piperidine rings is 1. The average Bonchev–Trinajstić information content (AvgIpc) is 2.73. The number of nitrogens with one attached hydrogen (secondary N) is 1. The highest BCUT2D eigenvalue weighted by Crippen LogP contribution is 2.37. The molecule has 0 spiro atoms. The normalized spacial score (nSPS) is 19.6. The van der Waals surface area contributed by atoms with Crippen LogP contribution in [0.4, 0.5) is 0 Å². The molecule has 1 N–H and O–H groups in total. The molecule has 19 heavy (non-hydrogen) atoms. The van der Waals surface area contributed by atoms with Gasteiger partial charge in [-0.3, -0.25) is 4.68 Å². The summed E-state index contributed by atoms with van der Waals surface area (Å²) in [4.78, 5) is 4.92. The standard InChI is InChI=1S/C15H28N4/c1-6-7-15(8-10-16-11-9-15)13-17-12(14(2,3)4)18-19(13)5/h16H,6-11H2,1-5H3. The largest absolute Gasteiger partial charge is 0.317 e. The Balaban J connectivity index is 2.39. The maximum Gasteiger partial charge on any atom is 0.156 e. The summed E-state index contributed by atoms with van der Waals surface area (Å²) >= 11 is 0. The Hall–Kier alpha value is -0.900. The Morgan fingerprint density at radius 3 is 2.37 bits per heavy atom. The van der Waals surface area contributed by atoms with Crippen LogP contribution in [0, 0.1) is 0 Å². The number of nitrogens with zero attached hydrogens (tertiary/aromatic N) is 3. The van der Waals surface area contributed by atoms with E-state index in [0.717, 1.165) is 18.9 Å². The zero-order valence-electron chi connectivity index (χ0n) is 13.1. The van der Waals surface area contributed by atoms with E-state index < -0.39 is 0 Å². The molecular formula is C15H28N4. The van der Waals surface area contributed by atoms with Crippen molar-refractivity contribution in [1.29, 1.82) is 0 Å². The van der Waals surface area contributed by atoms with Gasteiger partial charge < -0.3 is 5.32 Å². The smallest absolute Gasteiger partial charge is 0.156 e. The van der Waals surface area contributed by atoms with Crippen LogP contribution in [0.25, 0.3) is 0 Å². The van der Waals surface area contributed by atoms with Gasteiger partial charge in [-0.15, -0.1) is 0 Å². The van der Waals surface area contributed by atoms with Gasteiger partial charge in [-0.05, 0) is 32.4 Å². The van der Waals surface area contributed by atoms with Crippen molar-refractivity contribution in [2.24, 2.45) is 7.05 Å². The van der Waals surface area contributed by atoms with Crippen LogP contribution in [0.15, 0.2) is 0 Å². The molecule has 1 saturated heterocycles. The average molecular weight is 264 g/mol. The van der Waals surface area contributed by atoms with Crippen LogP contribution in [-0.2, 0) is 17.9 Å². The molecule has 1 aliphatic rings. The van der Waals surface area contributed by atoms with E-state index in [2.05, 4.69) is 45.2 Å². The van der Waals surface area contributed by atoms with Crippen LogP contribution in [0.1, 0.15) is 65.0 Å². The summed E-state index contributed by atoms with van der Waals surface area (Å²) in [5, 5.41) is 8.14. The summed E-state index contributed by atoms with van der Waals surface area (Å²) in [6, 6.07) is 0. The van der Waals surface area contributed by atoms with Crippen molar-refractivity contribution in [3.05, 3.63) is 11.6 Å². The Morgan fingerprint density at radius 1 is 1.26 bits per heavy atom. The molecular weight excluding hydrogens is 236 g/mol. The third-order valence-electron chi connectivity index (χ3n) is 4.20. The fourth-order valence-electron chi connectivity index (χ4n) is 3.13. The van der Waals surface area contributed by atoms with Gasteiger partial charge in [-0.2, -0.15) is 5.10 Å². The third-order valence-corrected chi connectivity index (χ3v) is 4.20. The van der Waals surface area contributed by atoms with Gasteiger partial charge in [0.1, 0.15) is 5.82 Å². The van der Waals surface area contributed by atoms with Crippen molar-refractivity contribution < 1.29 is 0 Å². The molecule has 0 unspecified atom stereocenters. The zero-order chi connectivity index (χ0) is 14.1. The fourth-order valence-corrected chi connectivity index (χ4v) is 3.13. The maximum absolute atomic E-state index is 4.92. The van der Waals surface area contributed by atoms with Gasteiger partial charge in [-0.1, -0.05) is 34.1 Å². The molecule has 0 aromatic carbocycles. The van der Waals surface area contributed by atoms with Crippen LogP contribution < -0.4 is 5.32 Å². The second-order valence-corrected chi connectivity index (χ2v) is 6.91. The summed E-state index contributed by atoms with van der Waals surface area (Å²) in [5.74, 6) is 2.17. The molecule has 0 aliphatic carbocycles. The van der Waals surface area contributed by atoms with Gasteiger partial charge in [0.05, 0.1) is 0 Å². The number of aromatic nitrogens is 3. The first-order valence-corrected chi connectivity index (χ1v) is 7.52. The molecule has 4 heteroatoms. The molecule has 0 radical (unpaired) electrons. The molecule has 4 nitrogen and oxygen atoms in total. The summed E-state index contributed by atoms with van der Waals surface area (Å²) in [7, 11) is 2.05. The highest BCUT2D eigenvalue weighted by molar-refractivity contribution is 5.14. The molecule has 108 valence electrons. The number of hydrogen-bond donors (Lipinski definition) is 1. The van der Waals surface area contributed by atoms with Crippen molar-refractivity contribution in [2.45, 2.75) is 64.2 Å². The Labute approximate surface area is 117 Å². The van der Waals surface area contributed by atoms with Crippen molar-refractivity contribution in [1.82, 2.24) is 20.1 Å². The van der Waals surface area contributed by atoms with Gasteiger partial charge in [0.25, 0.3) is 0 Å². The summed E-state index contributed by atoms with van der Waals surface area (Å²) in [6.45, 7) is 11.0. The van der Waals surface area contributed by atoms with Crippen LogP contribution >= 0.6 is 0 Å². The number of aryl methyl sites for hydroxylation is 1. The molecule has 0 amide bonds. The predicted molar refractivity (Wildman–Crippen MR) is 78.4 cm³/mol. The third kappa shape index (κ3) is 2.83. The van der Waals surface area contributed by atoms with Crippen molar-refractivity contribution in [3.8, 4) is 0 Å². The maximum atomic E-state index is 4.92. The van der Waals surface area contributed by atoms with Crippen molar-refractivity contribution in [2.75, 3.05) is 13.1 Å². The lowest BCUT2D eigenvalue weighted by Crippen LogP contribution is -2.41. The van der Waals surface area contributed by atoms with E-state index in [9.17, 15) is 0 Å². The highest BCUT2D eigenvalue weighted by Gasteiger charge is 2.38. The molecule has 0 bridgehead atoms. The Kier molecular flexibility index (Phi) is 4.00. The SMILES string of the molecule is CCCC1(c2nc(C(C)(C)C)nn2C)CCNCC1. The molecule has 1 aromatic heterocycles. The van der Waals surface area contributed by atoms with Gasteiger partial charge >= 0.3 is 0 Å². The highest BCUT2D eigenvalue weighted by atomic mass is 15.3. The van der Waals surface area contributed by atoms with Crippen molar-refractivity contribution in [3.63, 3.8) is 0 Å². The monoisotopic (exact) mass is 264 g/mol. The van der Waals surface area contributed by atoms with Crippen LogP contribution in [0.5, 0.6) is 0 Å². The second-order valence-electron chi connectivity index (χ2n) is 6.91. The van der Waals surface area contributed by atoms with Gasteiger partial charge in [-0.25, -0.2) is 4.98 Å². The first-order chi connectivity index (χ1) is 8.89. The van der Waals surface area contributed by atoms with Crippen molar-refractivity contribution >= 4 is 0 Å². The second kappa shape index (κ2) is 5.23. The van der Waals surface area contributed by atoms with Gasteiger partial charge in [0, 0.05) is 17.9 Å². The number of hydrogen-bond acceptors (Lipinski definition) is 3.